The van der Waals surface area contributed by atoms with E-state index in [0.717, 1.165) is 16.8 Å². The minimum absolute atomic E-state index is 0.0758. The van der Waals surface area contributed by atoms with Crippen LogP contribution in [0, 0.1) is 5.82 Å². The van der Waals surface area contributed by atoms with Gasteiger partial charge in [-0.15, -0.1) is 0 Å². The molecule has 5 rings (SSSR count). The molecule has 2 heterocycles. The number of carbonyl (C=O) groups excluding carboxylic acids is 1. The van der Waals surface area contributed by atoms with Crippen molar-refractivity contribution in [1.29, 1.82) is 0 Å². The number of methoxy groups -OCH3 is 2. The summed E-state index contributed by atoms with van der Waals surface area (Å²) < 4.78 is 25.3. The summed E-state index contributed by atoms with van der Waals surface area (Å²) in [5, 5.41) is 6.41. The second-order valence-corrected chi connectivity index (χ2v) is 9.19. The Balaban J connectivity index is 1.34. The van der Waals surface area contributed by atoms with Crippen molar-refractivity contribution in [3.8, 4) is 11.5 Å². The lowest BCUT2D eigenvalue weighted by atomic mass is 9.97. The van der Waals surface area contributed by atoms with Crippen molar-refractivity contribution < 1.29 is 18.7 Å². The Labute approximate surface area is 216 Å². The van der Waals surface area contributed by atoms with Crippen LogP contribution in [-0.4, -0.2) is 68.5 Å². The first-order chi connectivity index (χ1) is 18.1. The largest absolute Gasteiger partial charge is 0.497 e. The van der Waals surface area contributed by atoms with Gasteiger partial charge < -0.3 is 14.4 Å². The second-order valence-electron chi connectivity index (χ2n) is 9.19. The number of piperazine rings is 1. The minimum atomic E-state index is -0.289. The Morgan fingerprint density at radius 3 is 2.38 bits per heavy atom. The molecule has 2 aliphatic rings. The van der Waals surface area contributed by atoms with Gasteiger partial charge in [-0.05, 0) is 29.8 Å². The van der Waals surface area contributed by atoms with Crippen LogP contribution in [0.2, 0.25) is 0 Å². The Kier molecular flexibility index (Phi) is 7.37. The topological polar surface area (TPSA) is 57.6 Å². The Morgan fingerprint density at radius 2 is 1.68 bits per heavy atom. The summed E-state index contributed by atoms with van der Waals surface area (Å²) >= 11 is 0. The van der Waals surface area contributed by atoms with Crippen molar-refractivity contribution in [3.05, 3.63) is 89.7 Å². The summed E-state index contributed by atoms with van der Waals surface area (Å²) in [5.41, 5.74) is 3.35. The van der Waals surface area contributed by atoms with E-state index < -0.39 is 0 Å². The Bertz CT molecular complexity index is 1280. The molecule has 1 fully saturated rings. The molecule has 0 aliphatic carbocycles. The maximum atomic E-state index is 14.2. The molecule has 37 heavy (non-hydrogen) atoms. The molecule has 192 valence electrons. The fraction of sp³-hybridized carbons (Fsp3) is 0.310. The maximum absolute atomic E-state index is 14.2. The van der Waals surface area contributed by atoms with Gasteiger partial charge in [0.25, 0.3) is 5.91 Å². The lowest BCUT2D eigenvalue weighted by Gasteiger charge is -2.36. The minimum Gasteiger partial charge on any atom is -0.497 e. The van der Waals surface area contributed by atoms with Crippen LogP contribution in [0.3, 0.4) is 0 Å². The number of halogens is 1. The van der Waals surface area contributed by atoms with Crippen molar-refractivity contribution in [1.82, 2.24) is 9.91 Å². The fourth-order valence-electron chi connectivity index (χ4n) is 5.00. The number of benzene rings is 3. The SMILES string of the molecule is COc1ccc([C@H]2CC(c3ccccc3)=NN2C(=O)CN2CCN(c3ccccc3F)CC2)c(OC)c1. The van der Waals surface area contributed by atoms with Crippen LogP contribution < -0.4 is 14.4 Å². The number of carbonyl (C=O) groups is 1. The highest BCUT2D eigenvalue weighted by Crippen LogP contribution is 2.39. The van der Waals surface area contributed by atoms with Gasteiger partial charge in [0.05, 0.1) is 38.2 Å². The monoisotopic (exact) mass is 502 g/mol. The lowest BCUT2D eigenvalue weighted by Crippen LogP contribution is -2.49. The molecule has 0 aromatic heterocycles. The van der Waals surface area contributed by atoms with Crippen LogP contribution in [0.5, 0.6) is 11.5 Å². The number of anilines is 1. The van der Waals surface area contributed by atoms with E-state index in [1.807, 2.05) is 59.5 Å². The molecule has 3 aromatic carbocycles. The first-order valence-corrected chi connectivity index (χ1v) is 12.5. The van der Waals surface area contributed by atoms with E-state index >= 15 is 0 Å². The first-order valence-electron chi connectivity index (χ1n) is 12.5. The number of hydrogen-bond donors (Lipinski definition) is 0. The molecular weight excluding hydrogens is 471 g/mol. The van der Waals surface area contributed by atoms with Crippen LogP contribution >= 0.6 is 0 Å². The zero-order chi connectivity index (χ0) is 25.8. The molecular formula is C29H31FN4O3. The van der Waals surface area contributed by atoms with Gasteiger partial charge in [-0.25, -0.2) is 9.40 Å². The van der Waals surface area contributed by atoms with Crippen molar-refractivity contribution in [2.75, 3.05) is 51.8 Å². The average molecular weight is 503 g/mol. The highest BCUT2D eigenvalue weighted by Gasteiger charge is 2.36. The quantitative estimate of drug-likeness (QED) is 0.481. The van der Waals surface area contributed by atoms with E-state index in [-0.39, 0.29) is 24.3 Å². The number of hydrogen-bond acceptors (Lipinski definition) is 6. The lowest BCUT2D eigenvalue weighted by molar-refractivity contribution is -0.134. The van der Waals surface area contributed by atoms with Gasteiger partial charge in [0.1, 0.15) is 17.3 Å². The molecule has 0 N–H and O–H groups in total. The molecule has 7 nitrogen and oxygen atoms in total. The zero-order valence-electron chi connectivity index (χ0n) is 21.1. The van der Waals surface area contributed by atoms with Crippen molar-refractivity contribution in [2.24, 2.45) is 5.10 Å². The van der Waals surface area contributed by atoms with E-state index in [9.17, 15) is 9.18 Å². The summed E-state index contributed by atoms with van der Waals surface area (Å²) in [6, 6.07) is 22.1. The van der Waals surface area contributed by atoms with Gasteiger partial charge in [-0.3, -0.25) is 9.69 Å². The highest BCUT2D eigenvalue weighted by atomic mass is 19.1. The van der Waals surface area contributed by atoms with Gasteiger partial charge >= 0.3 is 0 Å². The molecule has 0 radical (unpaired) electrons. The molecule has 2 aliphatic heterocycles. The maximum Gasteiger partial charge on any atom is 0.257 e. The Hall–Kier alpha value is -3.91. The van der Waals surface area contributed by atoms with E-state index in [1.54, 1.807) is 31.4 Å². The van der Waals surface area contributed by atoms with Crippen molar-refractivity contribution in [3.63, 3.8) is 0 Å². The summed E-state index contributed by atoms with van der Waals surface area (Å²) in [5.74, 6) is 1.05. The second kappa shape index (κ2) is 11.0. The molecule has 0 saturated carbocycles. The number of ether oxygens (including phenoxy) is 2. The summed E-state index contributed by atoms with van der Waals surface area (Å²) in [6.45, 7) is 2.88. The fourth-order valence-corrected chi connectivity index (χ4v) is 5.00. The molecule has 0 unspecified atom stereocenters. The predicted octanol–water partition coefficient (Wildman–Crippen LogP) is 4.34. The molecule has 3 aromatic rings. The van der Waals surface area contributed by atoms with E-state index in [0.29, 0.717) is 49.8 Å². The van der Waals surface area contributed by atoms with Crippen LogP contribution in [0.4, 0.5) is 10.1 Å². The van der Waals surface area contributed by atoms with Crippen LogP contribution in [-0.2, 0) is 4.79 Å². The van der Waals surface area contributed by atoms with Gasteiger partial charge in [0.15, 0.2) is 0 Å². The number of rotatable bonds is 7. The molecule has 0 bridgehead atoms. The third kappa shape index (κ3) is 5.29. The number of nitrogens with zero attached hydrogens (tertiary/aromatic N) is 4. The van der Waals surface area contributed by atoms with Crippen molar-refractivity contribution in [2.45, 2.75) is 12.5 Å². The van der Waals surface area contributed by atoms with Gasteiger partial charge in [0, 0.05) is 44.2 Å². The molecule has 8 heteroatoms. The van der Waals surface area contributed by atoms with E-state index in [1.165, 1.54) is 6.07 Å². The normalized spacial score (nSPS) is 18.0. The molecule has 0 spiro atoms. The number of para-hydroxylation sites is 1. The summed E-state index contributed by atoms with van der Waals surface area (Å²) in [7, 11) is 3.23. The molecule has 1 saturated heterocycles. The van der Waals surface area contributed by atoms with Gasteiger partial charge in [-0.1, -0.05) is 42.5 Å². The zero-order valence-corrected chi connectivity index (χ0v) is 21.1. The predicted molar refractivity (Wildman–Crippen MR) is 142 cm³/mol. The highest BCUT2D eigenvalue weighted by molar-refractivity contribution is 6.03. The smallest absolute Gasteiger partial charge is 0.257 e. The number of amides is 1. The van der Waals surface area contributed by atoms with Gasteiger partial charge in [0.2, 0.25) is 0 Å². The van der Waals surface area contributed by atoms with Crippen LogP contribution in [0.1, 0.15) is 23.6 Å². The van der Waals surface area contributed by atoms with E-state index in [2.05, 4.69) is 4.90 Å². The van der Waals surface area contributed by atoms with Crippen LogP contribution in [0.15, 0.2) is 77.9 Å². The first kappa shape index (κ1) is 24.8. The van der Waals surface area contributed by atoms with Gasteiger partial charge in [-0.2, -0.15) is 5.10 Å². The standard InChI is InChI=1S/C29H31FN4O3/c1-36-22-12-13-23(28(18-22)37-2)27-19-25(21-8-4-3-5-9-21)31-34(27)29(35)20-32-14-16-33(17-15-32)26-11-7-6-10-24(26)30/h3-13,18,27H,14-17,19-20H2,1-2H3/t27-/m1/s1. The third-order valence-corrected chi connectivity index (χ3v) is 7.00. The Morgan fingerprint density at radius 1 is 0.946 bits per heavy atom. The number of hydrazone groups is 1. The van der Waals surface area contributed by atoms with Crippen LogP contribution in [0.25, 0.3) is 0 Å². The van der Waals surface area contributed by atoms with E-state index in [4.69, 9.17) is 14.6 Å². The summed E-state index contributed by atoms with van der Waals surface area (Å²) in [4.78, 5) is 17.8. The average Bonchev–Trinajstić information content (AvgIpc) is 3.39. The molecule has 1 atom stereocenters. The summed E-state index contributed by atoms with van der Waals surface area (Å²) in [6.07, 6.45) is 0.583. The third-order valence-electron chi connectivity index (χ3n) is 7.00. The van der Waals surface area contributed by atoms with Crippen molar-refractivity contribution >= 4 is 17.3 Å². The molecule has 1 amide bonds.